The first-order chi connectivity index (χ1) is 13.7. The van der Waals surface area contributed by atoms with Crippen LogP contribution < -0.4 is 14.8 Å². The Labute approximate surface area is 168 Å². The molecule has 4 rings (SSSR count). The fraction of sp³-hybridized carbons (Fsp3) is 0.300. The maximum Gasteiger partial charge on any atom is 0.573 e. The Hall–Kier alpha value is -2.68. The van der Waals surface area contributed by atoms with Gasteiger partial charge < -0.3 is 9.47 Å². The van der Waals surface area contributed by atoms with E-state index in [2.05, 4.69) is 10.1 Å². The van der Waals surface area contributed by atoms with Crippen LogP contribution in [0.25, 0.3) is 0 Å². The number of aryl methyl sites for hydroxylation is 2. The summed E-state index contributed by atoms with van der Waals surface area (Å²) in [5.74, 6) is 0.383. The lowest BCUT2D eigenvalue weighted by Gasteiger charge is -2.16. The summed E-state index contributed by atoms with van der Waals surface area (Å²) >= 11 is 1.03. The molecule has 1 aliphatic carbocycles. The molecule has 2 aromatic rings. The third kappa shape index (κ3) is 4.19. The Kier molecular flexibility index (Phi) is 4.94. The van der Waals surface area contributed by atoms with Gasteiger partial charge in [0, 0.05) is 5.92 Å². The normalized spacial score (nSPS) is 21.1. The molecule has 0 spiro atoms. The molecular weight excluding hydrogens is 407 g/mol. The molecule has 9 heteroatoms. The number of benzene rings is 2. The van der Waals surface area contributed by atoms with Crippen LogP contribution in [0.1, 0.15) is 29.0 Å². The maximum absolute atomic E-state index is 12.3. The second-order valence-corrected chi connectivity index (χ2v) is 8.01. The summed E-state index contributed by atoms with van der Waals surface area (Å²) in [7, 11) is 0. The number of hydrogen-bond acceptors (Lipinski definition) is 5. The number of carbonyl (C=O) groups is 2. The number of rotatable bonds is 4. The van der Waals surface area contributed by atoms with Crippen LogP contribution in [0.15, 0.2) is 36.4 Å². The molecule has 1 N–H and O–H groups in total. The average Bonchev–Trinajstić information content (AvgIpc) is 3.18. The van der Waals surface area contributed by atoms with E-state index in [0.29, 0.717) is 17.1 Å². The van der Waals surface area contributed by atoms with E-state index in [4.69, 9.17) is 4.74 Å². The number of fused-ring (bicyclic) bond motifs is 1. The summed E-state index contributed by atoms with van der Waals surface area (Å²) in [6.07, 6.45) is -3.23. The number of halogens is 3. The second kappa shape index (κ2) is 7.29. The Morgan fingerprint density at radius 2 is 1.86 bits per heavy atom. The van der Waals surface area contributed by atoms with Gasteiger partial charge in [-0.05, 0) is 66.8 Å². The number of amides is 2. The van der Waals surface area contributed by atoms with Crippen LogP contribution in [0.2, 0.25) is 0 Å². The van der Waals surface area contributed by atoms with Crippen molar-refractivity contribution >= 4 is 22.9 Å². The molecule has 1 heterocycles. The third-order valence-corrected chi connectivity index (χ3v) is 6.04. The zero-order valence-electron chi connectivity index (χ0n) is 15.2. The molecule has 0 bridgehead atoms. The highest BCUT2D eigenvalue weighted by Crippen LogP contribution is 2.43. The summed E-state index contributed by atoms with van der Waals surface area (Å²) in [6, 6.07) is 9.41. The summed E-state index contributed by atoms with van der Waals surface area (Å²) in [5.41, 5.74) is 2.56. The summed E-state index contributed by atoms with van der Waals surface area (Å²) in [5, 5.41) is 1.59. The van der Waals surface area contributed by atoms with Crippen LogP contribution in [-0.2, 0) is 11.2 Å². The molecule has 0 radical (unpaired) electrons. The molecule has 2 aromatic carbocycles. The van der Waals surface area contributed by atoms with Gasteiger partial charge in [-0.25, -0.2) is 0 Å². The Morgan fingerprint density at radius 3 is 2.52 bits per heavy atom. The highest BCUT2D eigenvalue weighted by atomic mass is 32.2. The molecule has 0 aromatic heterocycles. The standard InChI is InChI=1S/C20H16F3NO4S/c1-10-8-13(28-20(21,22)23)4-7-16(10)27-12-3-6-14-11(9-12)2-5-15(14)17-18(25)24-19(26)29-17/h3-4,6-9,15,17H,2,5H2,1H3,(H,24,25,26)/t15-,17?/m1/s1. The zero-order chi connectivity index (χ0) is 20.8. The molecule has 2 atom stereocenters. The first kappa shape index (κ1) is 19.6. The van der Waals surface area contributed by atoms with Gasteiger partial charge in [0.1, 0.15) is 22.5 Å². The minimum atomic E-state index is -4.75. The lowest BCUT2D eigenvalue weighted by atomic mass is 9.97. The van der Waals surface area contributed by atoms with E-state index in [-0.39, 0.29) is 22.8 Å². The number of hydrogen-bond donors (Lipinski definition) is 1. The molecule has 29 heavy (non-hydrogen) atoms. The van der Waals surface area contributed by atoms with Crippen molar-refractivity contribution in [3.63, 3.8) is 0 Å². The van der Waals surface area contributed by atoms with Gasteiger partial charge in [-0.15, -0.1) is 13.2 Å². The third-order valence-electron chi connectivity index (χ3n) is 4.93. The van der Waals surface area contributed by atoms with Crippen LogP contribution in [-0.4, -0.2) is 22.8 Å². The van der Waals surface area contributed by atoms with Crippen molar-refractivity contribution in [2.75, 3.05) is 0 Å². The summed E-state index contributed by atoms with van der Waals surface area (Å²) in [6.45, 7) is 1.63. The van der Waals surface area contributed by atoms with Gasteiger partial charge in [0.05, 0.1) is 0 Å². The Bertz CT molecular complexity index is 992. The monoisotopic (exact) mass is 423 g/mol. The zero-order valence-corrected chi connectivity index (χ0v) is 16.0. The summed E-state index contributed by atoms with van der Waals surface area (Å²) in [4.78, 5) is 23.4. The largest absolute Gasteiger partial charge is 0.573 e. The molecule has 1 unspecified atom stereocenters. The van der Waals surface area contributed by atoms with Gasteiger partial charge in [-0.2, -0.15) is 0 Å². The van der Waals surface area contributed by atoms with Crippen LogP contribution >= 0.6 is 11.8 Å². The molecule has 5 nitrogen and oxygen atoms in total. The fourth-order valence-electron chi connectivity index (χ4n) is 3.70. The molecule has 1 aliphatic heterocycles. The quantitative estimate of drug-likeness (QED) is 0.744. The summed E-state index contributed by atoms with van der Waals surface area (Å²) < 4.78 is 46.8. The molecule has 1 fully saturated rings. The molecule has 1 saturated heterocycles. The average molecular weight is 423 g/mol. The van der Waals surface area contributed by atoms with Gasteiger partial charge in [0.25, 0.3) is 5.24 Å². The van der Waals surface area contributed by atoms with Crippen molar-refractivity contribution < 1.29 is 32.2 Å². The topological polar surface area (TPSA) is 64.6 Å². The fourth-order valence-corrected chi connectivity index (χ4v) is 4.70. The van der Waals surface area contributed by atoms with E-state index in [1.807, 2.05) is 12.1 Å². The van der Waals surface area contributed by atoms with Crippen molar-refractivity contribution in [2.45, 2.75) is 37.3 Å². The smallest absolute Gasteiger partial charge is 0.457 e. The SMILES string of the molecule is Cc1cc(OC(F)(F)F)ccc1Oc1ccc2c(c1)CC[C@H]2C1SC(=O)NC1=O. The number of thioether (sulfide) groups is 1. The minimum absolute atomic E-state index is 0.0314. The van der Waals surface area contributed by atoms with E-state index in [0.717, 1.165) is 35.7 Å². The van der Waals surface area contributed by atoms with Crippen LogP contribution in [0.3, 0.4) is 0 Å². The van der Waals surface area contributed by atoms with Crippen molar-refractivity contribution in [2.24, 2.45) is 0 Å². The van der Waals surface area contributed by atoms with Crippen molar-refractivity contribution in [3.8, 4) is 17.2 Å². The van der Waals surface area contributed by atoms with E-state index in [1.54, 1.807) is 13.0 Å². The van der Waals surface area contributed by atoms with Gasteiger partial charge in [-0.1, -0.05) is 17.8 Å². The van der Waals surface area contributed by atoms with Crippen LogP contribution in [0.5, 0.6) is 17.2 Å². The van der Waals surface area contributed by atoms with Gasteiger partial charge >= 0.3 is 6.36 Å². The predicted octanol–water partition coefficient (Wildman–Crippen LogP) is 5.07. The van der Waals surface area contributed by atoms with Gasteiger partial charge in [0.15, 0.2) is 0 Å². The number of ether oxygens (including phenoxy) is 2. The number of imide groups is 1. The second-order valence-electron chi connectivity index (χ2n) is 6.90. The van der Waals surface area contributed by atoms with Crippen molar-refractivity contribution in [1.82, 2.24) is 5.32 Å². The molecular formula is C20H16F3NO4S. The number of nitrogens with one attached hydrogen (secondary N) is 1. The Morgan fingerprint density at radius 1 is 1.10 bits per heavy atom. The van der Waals surface area contributed by atoms with Crippen LogP contribution in [0, 0.1) is 6.92 Å². The lowest BCUT2D eigenvalue weighted by Crippen LogP contribution is -2.27. The predicted molar refractivity (Wildman–Crippen MR) is 100 cm³/mol. The lowest BCUT2D eigenvalue weighted by molar-refractivity contribution is -0.274. The van der Waals surface area contributed by atoms with E-state index in [9.17, 15) is 22.8 Å². The minimum Gasteiger partial charge on any atom is -0.457 e. The Balaban J connectivity index is 1.51. The number of alkyl halides is 3. The molecule has 2 aliphatic rings. The van der Waals surface area contributed by atoms with Crippen molar-refractivity contribution in [1.29, 1.82) is 0 Å². The van der Waals surface area contributed by atoms with Crippen molar-refractivity contribution in [3.05, 3.63) is 53.1 Å². The van der Waals surface area contributed by atoms with Gasteiger partial charge in [0.2, 0.25) is 5.91 Å². The first-order valence-electron chi connectivity index (χ1n) is 8.88. The molecule has 2 amide bonds. The van der Waals surface area contributed by atoms with E-state index < -0.39 is 11.6 Å². The molecule has 0 saturated carbocycles. The highest BCUT2D eigenvalue weighted by Gasteiger charge is 2.41. The van der Waals surface area contributed by atoms with E-state index in [1.165, 1.54) is 18.2 Å². The van der Waals surface area contributed by atoms with Gasteiger partial charge in [-0.3, -0.25) is 14.9 Å². The highest BCUT2D eigenvalue weighted by molar-refractivity contribution is 8.15. The van der Waals surface area contributed by atoms with E-state index >= 15 is 0 Å². The molecule has 152 valence electrons. The first-order valence-corrected chi connectivity index (χ1v) is 9.76. The van der Waals surface area contributed by atoms with Crippen LogP contribution in [0.4, 0.5) is 18.0 Å². The maximum atomic E-state index is 12.3. The number of carbonyl (C=O) groups excluding carboxylic acids is 2.